The van der Waals surface area contributed by atoms with Gasteiger partial charge in [0.15, 0.2) is 5.82 Å². The Hall–Kier alpha value is -2.61. The number of rotatable bonds is 5. The fraction of sp³-hybridized carbons (Fsp3) is 0.0588. The summed E-state index contributed by atoms with van der Waals surface area (Å²) in [4.78, 5) is 22.4. The van der Waals surface area contributed by atoms with Crippen molar-refractivity contribution in [2.24, 2.45) is 0 Å². The molecule has 10 heteroatoms. The van der Waals surface area contributed by atoms with Crippen molar-refractivity contribution < 1.29 is 9.72 Å². The highest BCUT2D eigenvalue weighted by atomic mass is 35.5. The highest BCUT2D eigenvalue weighted by molar-refractivity contribution is 6.35. The Bertz CT molecular complexity index is 1020. The third kappa shape index (κ3) is 4.57. The number of carbonyl (C=O) groups is 1. The van der Waals surface area contributed by atoms with E-state index in [1.54, 1.807) is 24.4 Å². The number of hydrogen-bond donors (Lipinski definition) is 1. The first-order valence-electron chi connectivity index (χ1n) is 7.56. The molecule has 3 rings (SSSR count). The quantitative estimate of drug-likeness (QED) is 0.457. The summed E-state index contributed by atoms with van der Waals surface area (Å²) in [6.45, 7) is 0.336. The SMILES string of the molecule is O=C(Nc1nn(Cc2ccc(Cl)cc2Cl)cc1Cl)c1ccc([N+](=O)[O-])cc1. The monoisotopic (exact) mass is 424 g/mol. The molecule has 1 amide bonds. The molecule has 0 fully saturated rings. The summed E-state index contributed by atoms with van der Waals surface area (Å²) < 4.78 is 1.53. The van der Waals surface area contributed by atoms with Crippen LogP contribution in [0, 0.1) is 10.1 Å². The van der Waals surface area contributed by atoms with Crippen molar-refractivity contribution in [3.63, 3.8) is 0 Å². The van der Waals surface area contributed by atoms with E-state index in [0.29, 0.717) is 16.6 Å². The summed E-state index contributed by atoms with van der Waals surface area (Å²) in [5.74, 6) is -0.313. The molecule has 1 N–H and O–H groups in total. The van der Waals surface area contributed by atoms with Crippen molar-refractivity contribution in [1.82, 2.24) is 9.78 Å². The summed E-state index contributed by atoms with van der Waals surface area (Å²) in [5, 5.41) is 18.7. The van der Waals surface area contributed by atoms with Crippen molar-refractivity contribution in [3.8, 4) is 0 Å². The molecule has 3 aromatic rings. The molecule has 138 valence electrons. The minimum absolute atomic E-state index is 0.103. The average Bonchev–Trinajstić information content (AvgIpc) is 2.96. The van der Waals surface area contributed by atoms with Crippen LogP contribution in [0.3, 0.4) is 0 Å². The third-order valence-electron chi connectivity index (χ3n) is 3.64. The van der Waals surface area contributed by atoms with Gasteiger partial charge in [-0.1, -0.05) is 40.9 Å². The van der Waals surface area contributed by atoms with Crippen molar-refractivity contribution in [2.75, 3.05) is 5.32 Å². The number of aromatic nitrogens is 2. The summed E-state index contributed by atoms with van der Waals surface area (Å²) in [7, 11) is 0. The van der Waals surface area contributed by atoms with E-state index < -0.39 is 10.8 Å². The van der Waals surface area contributed by atoms with Crippen molar-refractivity contribution in [1.29, 1.82) is 0 Å². The molecule has 0 atom stereocenters. The van der Waals surface area contributed by atoms with Gasteiger partial charge < -0.3 is 5.32 Å². The Kier molecular flexibility index (Phi) is 5.65. The molecule has 0 aliphatic heterocycles. The van der Waals surface area contributed by atoms with Crippen LogP contribution in [0.1, 0.15) is 15.9 Å². The molecule has 0 aliphatic carbocycles. The van der Waals surface area contributed by atoms with E-state index in [0.717, 1.165) is 5.56 Å². The zero-order chi connectivity index (χ0) is 19.6. The molecule has 0 spiro atoms. The Morgan fingerprint density at radius 2 is 1.81 bits per heavy atom. The zero-order valence-electron chi connectivity index (χ0n) is 13.5. The molecule has 0 unspecified atom stereocenters. The number of nitrogens with zero attached hydrogens (tertiary/aromatic N) is 3. The smallest absolute Gasteiger partial charge is 0.269 e. The minimum atomic E-state index is -0.540. The number of hydrogen-bond acceptors (Lipinski definition) is 4. The Labute approximate surface area is 168 Å². The van der Waals surface area contributed by atoms with E-state index in [9.17, 15) is 14.9 Å². The van der Waals surface area contributed by atoms with Crippen LogP contribution in [0.25, 0.3) is 0 Å². The third-order valence-corrected chi connectivity index (χ3v) is 4.50. The van der Waals surface area contributed by atoms with Crippen LogP contribution in [0.4, 0.5) is 11.5 Å². The van der Waals surface area contributed by atoms with Gasteiger partial charge in [0, 0.05) is 33.9 Å². The average molecular weight is 426 g/mol. The summed E-state index contributed by atoms with van der Waals surface area (Å²) in [5.41, 5.74) is 0.925. The van der Waals surface area contributed by atoms with Gasteiger partial charge in [0.2, 0.25) is 0 Å². The van der Waals surface area contributed by atoms with E-state index in [1.807, 2.05) is 0 Å². The van der Waals surface area contributed by atoms with Crippen molar-refractivity contribution in [3.05, 3.63) is 85.0 Å². The predicted molar refractivity (Wildman–Crippen MR) is 104 cm³/mol. The van der Waals surface area contributed by atoms with Gasteiger partial charge in [-0.2, -0.15) is 5.10 Å². The number of carbonyl (C=O) groups excluding carboxylic acids is 1. The van der Waals surface area contributed by atoms with Crippen LogP contribution >= 0.6 is 34.8 Å². The Morgan fingerprint density at radius 1 is 1.11 bits per heavy atom. The lowest BCUT2D eigenvalue weighted by atomic mass is 10.2. The van der Waals surface area contributed by atoms with Crippen LogP contribution in [0.2, 0.25) is 15.1 Å². The number of nitrogens with one attached hydrogen (secondary N) is 1. The van der Waals surface area contributed by atoms with Gasteiger partial charge in [0.05, 0.1) is 11.5 Å². The number of nitro benzene ring substituents is 1. The number of nitro groups is 1. The molecule has 27 heavy (non-hydrogen) atoms. The van der Waals surface area contributed by atoms with Gasteiger partial charge in [-0.15, -0.1) is 0 Å². The molecular formula is C17H11Cl3N4O3. The van der Waals surface area contributed by atoms with Crippen LogP contribution in [0.5, 0.6) is 0 Å². The van der Waals surface area contributed by atoms with E-state index in [4.69, 9.17) is 34.8 Å². The van der Waals surface area contributed by atoms with Crippen LogP contribution in [-0.4, -0.2) is 20.6 Å². The molecule has 0 aliphatic rings. The molecule has 1 heterocycles. The first-order chi connectivity index (χ1) is 12.8. The lowest BCUT2D eigenvalue weighted by molar-refractivity contribution is -0.384. The second-order valence-corrected chi connectivity index (χ2v) is 6.77. The van der Waals surface area contributed by atoms with Crippen LogP contribution in [-0.2, 0) is 6.54 Å². The molecule has 0 radical (unpaired) electrons. The molecule has 0 bridgehead atoms. The van der Waals surface area contributed by atoms with Crippen molar-refractivity contribution in [2.45, 2.75) is 6.54 Å². The predicted octanol–water partition coefficient (Wildman–Crippen LogP) is 5.05. The topological polar surface area (TPSA) is 90.1 Å². The summed E-state index contributed by atoms with van der Waals surface area (Å²) in [6, 6.07) is 10.3. The van der Waals surface area contributed by atoms with Gasteiger partial charge in [-0.3, -0.25) is 19.6 Å². The highest BCUT2D eigenvalue weighted by Gasteiger charge is 2.14. The van der Waals surface area contributed by atoms with Gasteiger partial charge in [-0.25, -0.2) is 0 Å². The Morgan fingerprint density at radius 3 is 2.44 bits per heavy atom. The fourth-order valence-corrected chi connectivity index (χ4v) is 2.97. The lowest BCUT2D eigenvalue weighted by Gasteiger charge is -2.05. The maximum absolute atomic E-state index is 12.3. The first-order valence-corrected chi connectivity index (χ1v) is 8.69. The maximum Gasteiger partial charge on any atom is 0.269 e. The molecule has 7 nitrogen and oxygen atoms in total. The normalized spacial score (nSPS) is 10.6. The lowest BCUT2D eigenvalue weighted by Crippen LogP contribution is -2.13. The van der Waals surface area contributed by atoms with Gasteiger partial charge in [0.1, 0.15) is 5.02 Å². The number of amides is 1. The zero-order valence-corrected chi connectivity index (χ0v) is 15.8. The number of non-ortho nitro benzene ring substituents is 1. The van der Waals surface area contributed by atoms with Crippen LogP contribution < -0.4 is 5.32 Å². The number of benzene rings is 2. The van der Waals surface area contributed by atoms with E-state index >= 15 is 0 Å². The summed E-state index contributed by atoms with van der Waals surface area (Å²) in [6.07, 6.45) is 1.55. The van der Waals surface area contributed by atoms with Crippen LogP contribution in [0.15, 0.2) is 48.7 Å². The highest BCUT2D eigenvalue weighted by Crippen LogP contribution is 2.24. The molecule has 1 aromatic heterocycles. The van der Waals surface area contributed by atoms with E-state index in [-0.39, 0.29) is 22.1 Å². The van der Waals surface area contributed by atoms with E-state index in [2.05, 4.69) is 10.4 Å². The number of halogens is 3. The summed E-state index contributed by atoms with van der Waals surface area (Å²) >= 11 is 18.2. The second kappa shape index (κ2) is 7.96. The van der Waals surface area contributed by atoms with Gasteiger partial charge in [0.25, 0.3) is 11.6 Å². The standard InChI is InChI=1S/C17H11Cl3N4O3/c18-12-4-1-11(14(19)7-12)8-23-9-15(20)16(22-23)21-17(25)10-2-5-13(6-3-10)24(26)27/h1-7,9H,8H2,(H,21,22,25). The van der Waals surface area contributed by atoms with Gasteiger partial charge in [-0.05, 0) is 29.8 Å². The molecule has 2 aromatic carbocycles. The fourth-order valence-electron chi connectivity index (χ4n) is 2.30. The van der Waals surface area contributed by atoms with Crippen molar-refractivity contribution >= 4 is 52.2 Å². The molecule has 0 saturated heterocycles. The largest absolute Gasteiger partial charge is 0.304 e. The molecule has 0 saturated carbocycles. The second-order valence-electron chi connectivity index (χ2n) is 5.52. The minimum Gasteiger partial charge on any atom is -0.304 e. The number of anilines is 1. The van der Waals surface area contributed by atoms with E-state index in [1.165, 1.54) is 28.9 Å². The molecular weight excluding hydrogens is 415 g/mol. The maximum atomic E-state index is 12.3. The Balaban J connectivity index is 1.74. The van der Waals surface area contributed by atoms with Gasteiger partial charge >= 0.3 is 0 Å². The first kappa shape index (κ1) is 19.2.